The molecule has 2 N–H and O–H groups in total. The van der Waals surface area contributed by atoms with E-state index in [0.29, 0.717) is 24.0 Å². The van der Waals surface area contributed by atoms with E-state index in [2.05, 4.69) is 38.0 Å². The third kappa shape index (κ3) is 5.08. The number of aromatic nitrogens is 3. The Labute approximate surface area is 177 Å². The van der Waals surface area contributed by atoms with E-state index in [9.17, 15) is 9.59 Å². The van der Waals surface area contributed by atoms with Crippen LogP contribution in [0.25, 0.3) is 16.6 Å². The lowest BCUT2D eigenvalue weighted by Gasteiger charge is -2.23. The average Bonchev–Trinajstić information content (AvgIpc) is 2.95. The maximum atomic E-state index is 12.8. The molecule has 0 aliphatic rings. The average molecular weight is 413 g/mol. The zero-order chi connectivity index (χ0) is 21.8. The van der Waals surface area contributed by atoms with Crippen molar-refractivity contribution in [3.05, 3.63) is 46.4 Å². The number of quaternary nitrogens is 1. The number of carbonyl (C=O) groups excluding carboxylic acids is 1. The van der Waals surface area contributed by atoms with Crippen LogP contribution < -0.4 is 15.8 Å². The third-order valence-electron chi connectivity index (χ3n) is 5.24. The van der Waals surface area contributed by atoms with Gasteiger partial charge < -0.3 is 10.2 Å². The normalized spacial score (nSPS) is 12.0. The molecule has 2 aromatic heterocycles. The van der Waals surface area contributed by atoms with Crippen molar-refractivity contribution in [3.8, 4) is 0 Å². The predicted molar refractivity (Wildman–Crippen MR) is 120 cm³/mol. The highest BCUT2D eigenvalue weighted by Gasteiger charge is 2.17. The second-order valence-corrected chi connectivity index (χ2v) is 8.99. The lowest BCUT2D eigenvalue weighted by molar-refractivity contribution is -0.904. The third-order valence-corrected chi connectivity index (χ3v) is 5.24. The van der Waals surface area contributed by atoms with Gasteiger partial charge in [-0.15, -0.1) is 0 Å². The molecule has 3 rings (SSSR count). The van der Waals surface area contributed by atoms with Crippen LogP contribution in [0.3, 0.4) is 0 Å². The molecule has 2 heterocycles. The molecule has 1 amide bonds. The van der Waals surface area contributed by atoms with Crippen LogP contribution in [0.15, 0.2) is 35.1 Å². The van der Waals surface area contributed by atoms with Gasteiger partial charge in [-0.1, -0.05) is 39.8 Å². The molecular formula is C23H34N5O2+. The molecule has 0 aliphatic carbocycles. The molecule has 0 aliphatic heterocycles. The van der Waals surface area contributed by atoms with Gasteiger partial charge in [0.1, 0.15) is 6.54 Å². The van der Waals surface area contributed by atoms with Crippen LogP contribution >= 0.6 is 0 Å². The van der Waals surface area contributed by atoms with Crippen LogP contribution in [0.5, 0.6) is 0 Å². The van der Waals surface area contributed by atoms with Gasteiger partial charge in [0.15, 0.2) is 5.65 Å². The Morgan fingerprint density at radius 1 is 1.13 bits per heavy atom. The number of hydrogen-bond acceptors (Lipinski definition) is 3. The van der Waals surface area contributed by atoms with E-state index < -0.39 is 0 Å². The minimum Gasteiger partial charge on any atom is -0.349 e. The maximum absolute atomic E-state index is 12.8. The van der Waals surface area contributed by atoms with E-state index in [0.717, 1.165) is 36.2 Å². The largest absolute Gasteiger partial charge is 0.349 e. The number of amides is 1. The zero-order valence-electron chi connectivity index (χ0n) is 18.7. The monoisotopic (exact) mass is 412 g/mol. The molecule has 3 aromatic rings. The van der Waals surface area contributed by atoms with Crippen molar-refractivity contribution in [2.75, 3.05) is 26.2 Å². The van der Waals surface area contributed by atoms with Crippen molar-refractivity contribution in [2.45, 2.75) is 41.2 Å². The van der Waals surface area contributed by atoms with Gasteiger partial charge in [0.05, 0.1) is 31.7 Å². The fourth-order valence-corrected chi connectivity index (χ4v) is 4.23. The van der Waals surface area contributed by atoms with Gasteiger partial charge in [-0.05, 0) is 19.1 Å². The molecule has 0 atom stereocenters. The van der Waals surface area contributed by atoms with Crippen LogP contribution in [0.2, 0.25) is 0 Å². The minimum atomic E-state index is -0.266. The Hall–Kier alpha value is -2.67. The Morgan fingerprint density at radius 3 is 2.47 bits per heavy atom. The number of benzene rings is 1. The highest BCUT2D eigenvalue weighted by molar-refractivity contribution is 5.93. The van der Waals surface area contributed by atoms with Gasteiger partial charge in [-0.3, -0.25) is 14.3 Å². The lowest BCUT2D eigenvalue weighted by Crippen LogP contribution is -3.13. The SMILES string of the molecule is Cc1cc(=O)nc2c3ccccc3n(CC(=O)NCC[NH+](CC(C)C)CC(C)C)n12. The Bertz CT molecular complexity index is 1070. The van der Waals surface area contributed by atoms with Crippen molar-refractivity contribution in [3.63, 3.8) is 0 Å². The molecule has 0 bridgehead atoms. The van der Waals surface area contributed by atoms with Crippen molar-refractivity contribution < 1.29 is 9.69 Å². The predicted octanol–water partition coefficient (Wildman–Crippen LogP) is 1.27. The molecule has 0 saturated carbocycles. The van der Waals surface area contributed by atoms with Crippen molar-refractivity contribution in [1.82, 2.24) is 19.5 Å². The van der Waals surface area contributed by atoms with Crippen LogP contribution in [0.1, 0.15) is 33.4 Å². The fourth-order valence-electron chi connectivity index (χ4n) is 4.23. The summed E-state index contributed by atoms with van der Waals surface area (Å²) in [6.45, 7) is 14.8. The quantitative estimate of drug-likeness (QED) is 0.556. The standard InChI is InChI=1S/C23H33N5O2/c1-16(2)13-26(14-17(3)4)11-10-24-22(30)15-27-20-9-7-6-8-19(20)23-25-21(29)12-18(5)28(23)27/h6-9,12,16-17H,10-11,13-15H2,1-5H3,(H,24,30)/p+1. The number of nitrogens with one attached hydrogen (secondary N) is 2. The van der Waals surface area contributed by atoms with Gasteiger partial charge in [-0.2, -0.15) is 4.98 Å². The first kappa shape index (κ1) is 22.0. The number of fused-ring (bicyclic) bond motifs is 3. The van der Waals surface area contributed by atoms with Gasteiger partial charge in [0.2, 0.25) is 5.91 Å². The topological polar surface area (TPSA) is 72.8 Å². The van der Waals surface area contributed by atoms with Gasteiger partial charge in [-0.25, -0.2) is 4.52 Å². The highest BCUT2D eigenvalue weighted by Crippen LogP contribution is 2.21. The molecule has 30 heavy (non-hydrogen) atoms. The van der Waals surface area contributed by atoms with Gasteiger partial charge >= 0.3 is 0 Å². The Morgan fingerprint density at radius 2 is 1.80 bits per heavy atom. The number of rotatable bonds is 9. The summed E-state index contributed by atoms with van der Waals surface area (Å²) >= 11 is 0. The molecule has 0 unspecified atom stereocenters. The highest BCUT2D eigenvalue weighted by atomic mass is 16.2. The molecule has 0 spiro atoms. The maximum Gasteiger partial charge on any atom is 0.273 e. The molecule has 0 saturated heterocycles. The van der Waals surface area contributed by atoms with Gasteiger partial charge in [0, 0.05) is 29.0 Å². The molecule has 0 fully saturated rings. The summed E-state index contributed by atoms with van der Waals surface area (Å²) in [6.07, 6.45) is 0. The van der Waals surface area contributed by atoms with E-state index in [4.69, 9.17) is 0 Å². The van der Waals surface area contributed by atoms with Crippen LogP contribution in [0, 0.1) is 18.8 Å². The summed E-state index contributed by atoms with van der Waals surface area (Å²) in [5.74, 6) is 1.22. The number of para-hydroxylation sites is 1. The van der Waals surface area contributed by atoms with Crippen molar-refractivity contribution in [2.24, 2.45) is 11.8 Å². The summed E-state index contributed by atoms with van der Waals surface area (Å²) < 4.78 is 3.76. The number of hydrogen-bond donors (Lipinski definition) is 2. The van der Waals surface area contributed by atoms with E-state index in [-0.39, 0.29) is 18.0 Å². The Kier molecular flexibility index (Phi) is 6.92. The van der Waals surface area contributed by atoms with Crippen LogP contribution in [-0.4, -0.2) is 46.3 Å². The van der Waals surface area contributed by atoms with E-state index >= 15 is 0 Å². The van der Waals surface area contributed by atoms with E-state index in [1.807, 2.05) is 40.4 Å². The second kappa shape index (κ2) is 9.43. The lowest BCUT2D eigenvalue weighted by atomic mass is 10.1. The number of nitrogens with zero attached hydrogens (tertiary/aromatic N) is 3. The minimum absolute atomic E-state index is 0.0378. The molecule has 1 aromatic carbocycles. The molecule has 7 nitrogen and oxygen atoms in total. The fraction of sp³-hybridized carbons (Fsp3) is 0.522. The smallest absolute Gasteiger partial charge is 0.273 e. The molecular weight excluding hydrogens is 378 g/mol. The molecule has 0 radical (unpaired) electrons. The molecule has 162 valence electrons. The van der Waals surface area contributed by atoms with E-state index in [1.165, 1.54) is 11.0 Å². The van der Waals surface area contributed by atoms with Crippen molar-refractivity contribution in [1.29, 1.82) is 0 Å². The second-order valence-electron chi connectivity index (χ2n) is 8.99. The van der Waals surface area contributed by atoms with Crippen LogP contribution in [-0.2, 0) is 11.3 Å². The first-order valence-electron chi connectivity index (χ1n) is 10.8. The first-order chi connectivity index (χ1) is 14.3. The summed E-state index contributed by atoms with van der Waals surface area (Å²) in [7, 11) is 0. The number of carbonyl (C=O) groups is 1. The zero-order valence-corrected chi connectivity index (χ0v) is 18.7. The summed E-state index contributed by atoms with van der Waals surface area (Å²) in [4.78, 5) is 30.4. The Balaban J connectivity index is 1.76. The van der Waals surface area contributed by atoms with E-state index in [1.54, 1.807) is 0 Å². The van der Waals surface area contributed by atoms with Crippen LogP contribution in [0.4, 0.5) is 0 Å². The van der Waals surface area contributed by atoms with Gasteiger partial charge in [0.25, 0.3) is 5.56 Å². The molecule has 7 heteroatoms. The summed E-state index contributed by atoms with van der Waals surface area (Å²) in [6, 6.07) is 9.24. The summed E-state index contributed by atoms with van der Waals surface area (Å²) in [5, 5.41) is 3.95. The van der Waals surface area contributed by atoms with Crippen molar-refractivity contribution >= 4 is 22.5 Å². The first-order valence-corrected chi connectivity index (χ1v) is 10.8. The number of aryl methyl sites for hydroxylation is 1. The summed E-state index contributed by atoms with van der Waals surface area (Å²) in [5.41, 5.74) is 1.98.